The zero-order valence-corrected chi connectivity index (χ0v) is 14.3. The van der Waals surface area contributed by atoms with Crippen molar-refractivity contribution in [3.05, 3.63) is 63.6 Å². The van der Waals surface area contributed by atoms with E-state index in [4.69, 9.17) is 0 Å². The van der Waals surface area contributed by atoms with Crippen molar-refractivity contribution in [3.8, 4) is 0 Å². The molecular weight excluding hydrogens is 322 g/mol. The third-order valence-electron chi connectivity index (χ3n) is 4.65. The molecule has 2 unspecified atom stereocenters. The van der Waals surface area contributed by atoms with Gasteiger partial charge < -0.3 is 5.32 Å². The van der Waals surface area contributed by atoms with E-state index in [0.29, 0.717) is 12.0 Å². The van der Waals surface area contributed by atoms with Crippen LogP contribution >= 0.6 is 15.9 Å². The lowest BCUT2D eigenvalue weighted by Gasteiger charge is -2.17. The Balaban J connectivity index is 1.76. The van der Waals surface area contributed by atoms with Crippen LogP contribution in [0.5, 0.6) is 0 Å². The van der Waals surface area contributed by atoms with Crippen LogP contribution < -0.4 is 5.32 Å². The van der Waals surface area contributed by atoms with Gasteiger partial charge in [-0.05, 0) is 60.1 Å². The number of hydrogen-bond acceptors (Lipinski definition) is 1. The van der Waals surface area contributed by atoms with Gasteiger partial charge in [-0.15, -0.1) is 0 Å². The Morgan fingerprint density at radius 1 is 1.19 bits per heavy atom. The molecule has 0 spiro atoms. The van der Waals surface area contributed by atoms with E-state index in [1.165, 1.54) is 39.7 Å². The van der Waals surface area contributed by atoms with Crippen molar-refractivity contribution in [2.24, 2.45) is 0 Å². The Morgan fingerprint density at radius 2 is 1.95 bits per heavy atom. The Kier molecular flexibility index (Phi) is 4.34. The van der Waals surface area contributed by atoms with E-state index >= 15 is 0 Å². The highest BCUT2D eigenvalue weighted by molar-refractivity contribution is 9.10. The Morgan fingerprint density at radius 3 is 2.67 bits per heavy atom. The number of nitrogens with one attached hydrogen (secondary N) is 1. The Labute approximate surface area is 135 Å². The minimum Gasteiger partial charge on any atom is -0.378 e. The number of fused-ring (bicyclic) bond motifs is 1. The van der Waals surface area contributed by atoms with Crippen LogP contribution in [0.3, 0.4) is 0 Å². The van der Waals surface area contributed by atoms with E-state index in [1.54, 1.807) is 0 Å². The minimum atomic E-state index is 0.437. The summed E-state index contributed by atoms with van der Waals surface area (Å²) >= 11 is 3.67. The summed E-state index contributed by atoms with van der Waals surface area (Å²) in [6.07, 6.45) is 3.52. The van der Waals surface area contributed by atoms with Gasteiger partial charge in [0.15, 0.2) is 0 Å². The summed E-state index contributed by atoms with van der Waals surface area (Å²) in [6.45, 7) is 4.53. The van der Waals surface area contributed by atoms with Crippen molar-refractivity contribution >= 4 is 21.6 Å². The predicted molar refractivity (Wildman–Crippen MR) is 94.0 cm³/mol. The maximum absolute atomic E-state index is 3.69. The fourth-order valence-electron chi connectivity index (χ4n) is 3.10. The zero-order valence-electron chi connectivity index (χ0n) is 12.7. The molecule has 1 aliphatic rings. The highest BCUT2D eigenvalue weighted by Crippen LogP contribution is 2.37. The number of anilines is 1. The molecule has 2 aromatic rings. The van der Waals surface area contributed by atoms with Gasteiger partial charge in [0.25, 0.3) is 0 Å². The number of benzene rings is 2. The molecule has 0 amide bonds. The average Bonchev–Trinajstić information content (AvgIpc) is 2.92. The van der Waals surface area contributed by atoms with Gasteiger partial charge in [-0.25, -0.2) is 0 Å². The zero-order chi connectivity index (χ0) is 14.8. The van der Waals surface area contributed by atoms with Gasteiger partial charge in [0.05, 0.1) is 6.04 Å². The minimum absolute atomic E-state index is 0.437. The summed E-state index contributed by atoms with van der Waals surface area (Å²) in [7, 11) is 0. The maximum Gasteiger partial charge on any atom is 0.0520 e. The van der Waals surface area contributed by atoms with Crippen LogP contribution in [0.1, 0.15) is 55.3 Å². The molecule has 2 atom stereocenters. The fraction of sp³-hybridized carbons (Fsp3) is 0.368. The van der Waals surface area contributed by atoms with Crippen molar-refractivity contribution in [3.63, 3.8) is 0 Å². The van der Waals surface area contributed by atoms with Crippen molar-refractivity contribution in [2.45, 2.75) is 45.1 Å². The van der Waals surface area contributed by atoms with E-state index in [2.05, 4.69) is 77.6 Å². The van der Waals surface area contributed by atoms with Gasteiger partial charge in [-0.1, -0.05) is 54.0 Å². The van der Waals surface area contributed by atoms with Gasteiger partial charge in [-0.3, -0.25) is 0 Å². The maximum atomic E-state index is 3.69. The molecule has 0 saturated heterocycles. The molecule has 0 aromatic heterocycles. The van der Waals surface area contributed by atoms with E-state index in [-0.39, 0.29) is 0 Å². The molecule has 0 aliphatic heterocycles. The first-order valence-electron chi connectivity index (χ1n) is 7.82. The van der Waals surface area contributed by atoms with Gasteiger partial charge in [0.1, 0.15) is 0 Å². The van der Waals surface area contributed by atoms with Crippen LogP contribution in [0.4, 0.5) is 5.69 Å². The molecule has 0 heterocycles. The second kappa shape index (κ2) is 6.23. The second-order valence-electron chi connectivity index (χ2n) is 5.97. The highest BCUT2D eigenvalue weighted by Gasteiger charge is 2.23. The largest absolute Gasteiger partial charge is 0.378 e. The third kappa shape index (κ3) is 3.01. The molecule has 0 fully saturated rings. The lowest BCUT2D eigenvalue weighted by Crippen LogP contribution is -2.07. The molecule has 2 aromatic carbocycles. The molecule has 0 radical (unpaired) electrons. The lowest BCUT2D eigenvalue weighted by atomic mass is 9.98. The summed E-state index contributed by atoms with van der Waals surface area (Å²) in [5.41, 5.74) is 5.55. The SMILES string of the molecule is CCC(C)c1ccc(NC2CCc3c(Br)cccc32)cc1. The normalized spacial score (nSPS) is 18.3. The van der Waals surface area contributed by atoms with Gasteiger partial charge in [0, 0.05) is 10.2 Å². The van der Waals surface area contributed by atoms with Crippen molar-refractivity contribution < 1.29 is 0 Å². The Bertz CT molecular complexity index is 618. The van der Waals surface area contributed by atoms with E-state index in [9.17, 15) is 0 Å². The number of halogens is 1. The van der Waals surface area contributed by atoms with Crippen LogP contribution in [0.25, 0.3) is 0 Å². The van der Waals surface area contributed by atoms with Crippen LogP contribution in [-0.4, -0.2) is 0 Å². The van der Waals surface area contributed by atoms with Crippen molar-refractivity contribution in [1.82, 2.24) is 0 Å². The first-order valence-corrected chi connectivity index (χ1v) is 8.62. The standard InChI is InChI=1S/C19H22BrN/c1-3-13(2)14-7-9-15(10-8-14)21-19-12-11-16-17(19)5-4-6-18(16)20/h4-10,13,19,21H,3,11-12H2,1-2H3. The smallest absolute Gasteiger partial charge is 0.0520 e. The van der Waals surface area contributed by atoms with Crippen LogP contribution in [-0.2, 0) is 6.42 Å². The van der Waals surface area contributed by atoms with Crippen LogP contribution in [0, 0.1) is 0 Å². The van der Waals surface area contributed by atoms with Gasteiger partial charge >= 0.3 is 0 Å². The molecular formula is C19H22BrN. The molecule has 1 aliphatic carbocycles. The predicted octanol–water partition coefficient (Wildman–Crippen LogP) is 6.06. The summed E-state index contributed by atoms with van der Waals surface area (Å²) < 4.78 is 1.25. The molecule has 1 nitrogen and oxygen atoms in total. The molecule has 0 saturated carbocycles. The first kappa shape index (κ1) is 14.6. The van der Waals surface area contributed by atoms with Crippen LogP contribution in [0.15, 0.2) is 46.9 Å². The van der Waals surface area contributed by atoms with E-state index < -0.39 is 0 Å². The molecule has 2 heteroatoms. The topological polar surface area (TPSA) is 12.0 Å². The van der Waals surface area contributed by atoms with Gasteiger partial charge in [-0.2, -0.15) is 0 Å². The van der Waals surface area contributed by atoms with E-state index in [1.807, 2.05) is 0 Å². The van der Waals surface area contributed by atoms with E-state index in [0.717, 1.165) is 6.42 Å². The quantitative estimate of drug-likeness (QED) is 0.711. The highest BCUT2D eigenvalue weighted by atomic mass is 79.9. The summed E-state index contributed by atoms with van der Waals surface area (Å²) in [4.78, 5) is 0. The molecule has 1 N–H and O–H groups in total. The Hall–Kier alpha value is -1.28. The molecule has 0 bridgehead atoms. The monoisotopic (exact) mass is 343 g/mol. The molecule has 3 rings (SSSR count). The summed E-state index contributed by atoms with van der Waals surface area (Å²) in [5, 5.41) is 3.69. The third-order valence-corrected chi connectivity index (χ3v) is 5.39. The summed E-state index contributed by atoms with van der Waals surface area (Å²) in [5.74, 6) is 0.641. The van der Waals surface area contributed by atoms with Crippen molar-refractivity contribution in [2.75, 3.05) is 5.32 Å². The van der Waals surface area contributed by atoms with Crippen LogP contribution in [0.2, 0.25) is 0 Å². The number of rotatable bonds is 4. The lowest BCUT2D eigenvalue weighted by molar-refractivity contribution is 0.732. The van der Waals surface area contributed by atoms with Gasteiger partial charge in [0.2, 0.25) is 0 Å². The molecule has 21 heavy (non-hydrogen) atoms. The molecule has 110 valence electrons. The fourth-order valence-corrected chi connectivity index (χ4v) is 3.68. The average molecular weight is 344 g/mol. The second-order valence-corrected chi connectivity index (χ2v) is 6.83. The first-order chi connectivity index (χ1) is 10.2. The summed E-state index contributed by atoms with van der Waals surface area (Å²) in [6, 6.07) is 15.9. The van der Waals surface area contributed by atoms with Crippen molar-refractivity contribution in [1.29, 1.82) is 0 Å². The number of hydrogen-bond donors (Lipinski definition) is 1.